The summed E-state index contributed by atoms with van der Waals surface area (Å²) in [7, 11) is 1.69. The maximum Gasteiger partial charge on any atom is 0.119 e. The van der Waals surface area contributed by atoms with Crippen LogP contribution < -0.4 is 10.1 Å². The number of aromatic nitrogens is 3. The van der Waals surface area contributed by atoms with E-state index in [1.807, 2.05) is 43.8 Å². The first-order chi connectivity index (χ1) is 11.3. The van der Waals surface area contributed by atoms with Crippen LogP contribution in [0.15, 0.2) is 43.0 Å². The highest BCUT2D eigenvalue weighted by molar-refractivity contribution is 5.92. The van der Waals surface area contributed by atoms with Crippen molar-refractivity contribution < 1.29 is 4.74 Å². The van der Waals surface area contributed by atoms with Crippen LogP contribution in [0.4, 0.5) is 5.69 Å². The average Bonchev–Trinajstić information content (AvgIpc) is 3.07. The zero-order chi connectivity index (χ0) is 16.1. The van der Waals surface area contributed by atoms with Crippen molar-refractivity contribution in [3.8, 4) is 5.75 Å². The summed E-state index contributed by atoms with van der Waals surface area (Å²) >= 11 is 0. The van der Waals surface area contributed by atoms with Crippen LogP contribution in [-0.4, -0.2) is 28.2 Å². The van der Waals surface area contributed by atoms with E-state index in [1.54, 1.807) is 7.11 Å². The smallest absolute Gasteiger partial charge is 0.119 e. The van der Waals surface area contributed by atoms with Gasteiger partial charge in [0.1, 0.15) is 5.75 Å². The molecular weight excluding hydrogens is 288 g/mol. The van der Waals surface area contributed by atoms with Crippen LogP contribution in [0, 0.1) is 6.92 Å². The van der Waals surface area contributed by atoms with Crippen LogP contribution in [0.2, 0.25) is 0 Å². The molecule has 5 heteroatoms. The van der Waals surface area contributed by atoms with Gasteiger partial charge in [-0.15, -0.1) is 0 Å². The number of unbranched alkanes of at least 4 members (excludes halogenated alkanes) is 1. The van der Waals surface area contributed by atoms with Crippen molar-refractivity contribution in [1.29, 1.82) is 0 Å². The van der Waals surface area contributed by atoms with Gasteiger partial charge in [0.05, 0.1) is 19.0 Å². The van der Waals surface area contributed by atoms with Crippen molar-refractivity contribution in [2.24, 2.45) is 0 Å². The van der Waals surface area contributed by atoms with Crippen LogP contribution in [0.5, 0.6) is 5.75 Å². The summed E-state index contributed by atoms with van der Waals surface area (Å²) in [5, 5.41) is 4.64. The summed E-state index contributed by atoms with van der Waals surface area (Å²) in [4.78, 5) is 8.64. The number of hydrogen-bond acceptors (Lipinski definition) is 4. The Morgan fingerprint density at radius 3 is 2.91 bits per heavy atom. The Bertz CT molecular complexity index is 768. The highest BCUT2D eigenvalue weighted by Crippen LogP contribution is 2.27. The fourth-order valence-corrected chi connectivity index (χ4v) is 2.67. The Labute approximate surface area is 136 Å². The number of aryl methyl sites for hydroxylation is 2. The molecule has 120 valence electrons. The molecule has 3 rings (SSSR count). The lowest BCUT2D eigenvalue weighted by Gasteiger charge is -2.12. The number of nitrogens with zero attached hydrogens (tertiary/aromatic N) is 3. The average molecular weight is 310 g/mol. The molecule has 2 heterocycles. The summed E-state index contributed by atoms with van der Waals surface area (Å²) in [6, 6.07) is 8.09. The van der Waals surface area contributed by atoms with Crippen LogP contribution in [0.3, 0.4) is 0 Å². The predicted molar refractivity (Wildman–Crippen MR) is 93.0 cm³/mol. The van der Waals surface area contributed by atoms with Gasteiger partial charge in [0.15, 0.2) is 0 Å². The van der Waals surface area contributed by atoms with Crippen molar-refractivity contribution in [2.45, 2.75) is 26.3 Å². The molecule has 5 nitrogen and oxygen atoms in total. The number of rotatable bonds is 7. The molecule has 0 saturated carbocycles. The minimum Gasteiger partial charge on any atom is -0.497 e. The highest BCUT2D eigenvalue weighted by Gasteiger charge is 2.05. The molecule has 0 aliphatic heterocycles. The summed E-state index contributed by atoms with van der Waals surface area (Å²) in [6.07, 6.45) is 7.90. The van der Waals surface area contributed by atoms with Gasteiger partial charge in [-0.2, -0.15) is 0 Å². The maximum atomic E-state index is 5.33. The molecule has 23 heavy (non-hydrogen) atoms. The van der Waals surface area contributed by atoms with Gasteiger partial charge in [-0.3, -0.25) is 4.98 Å². The first-order valence-corrected chi connectivity index (χ1v) is 7.91. The molecule has 0 amide bonds. The number of benzene rings is 1. The van der Waals surface area contributed by atoms with Gasteiger partial charge < -0.3 is 14.6 Å². The molecule has 0 aliphatic carbocycles. The molecule has 1 aromatic carbocycles. The van der Waals surface area contributed by atoms with E-state index in [1.165, 1.54) is 0 Å². The van der Waals surface area contributed by atoms with Gasteiger partial charge in [0, 0.05) is 42.3 Å². The Kier molecular flexibility index (Phi) is 4.76. The Hall–Kier alpha value is -2.56. The molecule has 0 unspecified atom stereocenters. The topological polar surface area (TPSA) is 52.0 Å². The van der Waals surface area contributed by atoms with Crippen molar-refractivity contribution >= 4 is 16.6 Å². The van der Waals surface area contributed by atoms with Gasteiger partial charge in [-0.1, -0.05) is 0 Å². The van der Waals surface area contributed by atoms with Crippen molar-refractivity contribution in [2.75, 3.05) is 19.0 Å². The number of methoxy groups -OCH3 is 1. The van der Waals surface area contributed by atoms with Crippen molar-refractivity contribution in [1.82, 2.24) is 14.5 Å². The molecule has 0 spiro atoms. The van der Waals surface area contributed by atoms with E-state index in [9.17, 15) is 0 Å². The SMILES string of the molecule is COc1ccc2nc(C)cc(NCCCCn3ccnc3)c2c1. The van der Waals surface area contributed by atoms with E-state index in [2.05, 4.69) is 25.9 Å². The quantitative estimate of drug-likeness (QED) is 0.677. The molecule has 2 aromatic heterocycles. The monoisotopic (exact) mass is 310 g/mol. The summed E-state index contributed by atoms with van der Waals surface area (Å²) in [6.45, 7) is 3.96. The van der Waals surface area contributed by atoms with Crippen molar-refractivity contribution in [3.63, 3.8) is 0 Å². The summed E-state index contributed by atoms with van der Waals surface area (Å²) in [5.74, 6) is 0.853. The Morgan fingerprint density at radius 2 is 2.13 bits per heavy atom. The number of imidazole rings is 1. The lowest BCUT2D eigenvalue weighted by atomic mass is 10.1. The zero-order valence-corrected chi connectivity index (χ0v) is 13.6. The second kappa shape index (κ2) is 7.13. The molecule has 3 aromatic rings. The lowest BCUT2D eigenvalue weighted by molar-refractivity contribution is 0.415. The third kappa shape index (κ3) is 3.80. The van der Waals surface area contributed by atoms with Gasteiger partial charge in [0.25, 0.3) is 0 Å². The maximum absolute atomic E-state index is 5.33. The van der Waals surface area contributed by atoms with Crippen molar-refractivity contribution in [3.05, 3.63) is 48.7 Å². The molecule has 0 fully saturated rings. The zero-order valence-electron chi connectivity index (χ0n) is 13.6. The standard InChI is InChI=1S/C18H22N4O/c1-14-11-18(16-12-15(23-2)5-6-17(16)21-14)20-7-3-4-9-22-10-8-19-13-22/h5-6,8,10-13H,3-4,7,9H2,1-2H3,(H,20,21). The molecule has 0 aliphatic rings. The highest BCUT2D eigenvalue weighted by atomic mass is 16.5. The fourth-order valence-electron chi connectivity index (χ4n) is 2.67. The summed E-state index contributed by atoms with van der Waals surface area (Å²) < 4.78 is 7.44. The van der Waals surface area contributed by atoms with Crippen LogP contribution >= 0.6 is 0 Å². The number of anilines is 1. The normalized spacial score (nSPS) is 10.9. The van der Waals surface area contributed by atoms with E-state index in [-0.39, 0.29) is 0 Å². The van der Waals surface area contributed by atoms with E-state index >= 15 is 0 Å². The third-order valence-electron chi connectivity index (χ3n) is 3.86. The van der Waals surface area contributed by atoms with Gasteiger partial charge in [0.2, 0.25) is 0 Å². The second-order valence-corrected chi connectivity index (χ2v) is 5.63. The molecule has 0 atom stereocenters. The molecular formula is C18H22N4O. The van der Waals surface area contributed by atoms with Gasteiger partial charge in [-0.05, 0) is 44.0 Å². The second-order valence-electron chi connectivity index (χ2n) is 5.63. The Morgan fingerprint density at radius 1 is 1.22 bits per heavy atom. The predicted octanol–water partition coefficient (Wildman–Crippen LogP) is 3.64. The number of nitrogens with one attached hydrogen (secondary N) is 1. The van der Waals surface area contributed by atoms with E-state index in [0.29, 0.717) is 0 Å². The first kappa shape index (κ1) is 15.3. The van der Waals surface area contributed by atoms with Gasteiger partial charge >= 0.3 is 0 Å². The van der Waals surface area contributed by atoms with Crippen LogP contribution in [0.1, 0.15) is 18.5 Å². The van der Waals surface area contributed by atoms with E-state index in [0.717, 1.165) is 54.0 Å². The van der Waals surface area contributed by atoms with Gasteiger partial charge in [-0.25, -0.2) is 4.98 Å². The minimum atomic E-state index is 0.853. The largest absolute Gasteiger partial charge is 0.497 e. The Balaban J connectivity index is 1.64. The minimum absolute atomic E-state index is 0.853. The van der Waals surface area contributed by atoms with E-state index < -0.39 is 0 Å². The molecule has 1 N–H and O–H groups in total. The number of ether oxygens (including phenoxy) is 1. The molecule has 0 saturated heterocycles. The first-order valence-electron chi connectivity index (χ1n) is 7.91. The lowest BCUT2D eigenvalue weighted by Crippen LogP contribution is -2.05. The molecule has 0 radical (unpaired) electrons. The van der Waals surface area contributed by atoms with Crippen LogP contribution in [0.25, 0.3) is 10.9 Å². The number of hydrogen-bond donors (Lipinski definition) is 1. The summed E-state index contributed by atoms with van der Waals surface area (Å²) in [5.41, 5.74) is 3.13. The third-order valence-corrected chi connectivity index (χ3v) is 3.86. The number of pyridine rings is 1. The number of fused-ring (bicyclic) bond motifs is 1. The molecule has 0 bridgehead atoms. The van der Waals surface area contributed by atoms with E-state index in [4.69, 9.17) is 4.74 Å². The fraction of sp³-hybridized carbons (Fsp3) is 0.333. The van der Waals surface area contributed by atoms with Crippen LogP contribution in [-0.2, 0) is 6.54 Å².